The quantitative estimate of drug-likeness (QED) is 0.127. The van der Waals surface area contributed by atoms with E-state index in [1.54, 1.807) is 0 Å². The molecular weight excluding hydrogens is 881 g/mol. The number of hydrogen-bond acceptors (Lipinski definition) is 4. The number of hydrogen-bond donors (Lipinski definition) is 2. The molecule has 0 fully saturated rings. The van der Waals surface area contributed by atoms with Gasteiger partial charge in [-0.2, -0.15) is 0 Å². The molecule has 0 amide bonds. The molecule has 2 N–H and O–H groups in total. The Balaban J connectivity index is 1.12. The summed E-state index contributed by atoms with van der Waals surface area (Å²) in [5.74, 6) is 1.71. The van der Waals surface area contributed by atoms with Crippen molar-refractivity contribution < 1.29 is 19.7 Å². The third kappa shape index (κ3) is 7.90. The van der Waals surface area contributed by atoms with Crippen LogP contribution in [0.3, 0.4) is 0 Å². The van der Waals surface area contributed by atoms with E-state index in [0.717, 1.165) is 83.6 Å². The second-order valence-electron chi connectivity index (χ2n) is 19.0. The smallest absolute Gasteiger partial charge is 0.119 e. The van der Waals surface area contributed by atoms with Gasteiger partial charge in [-0.25, -0.2) is 0 Å². The van der Waals surface area contributed by atoms with E-state index < -0.39 is 12.2 Å². The lowest BCUT2D eigenvalue weighted by Gasteiger charge is -2.18. The highest BCUT2D eigenvalue weighted by Crippen LogP contribution is 2.46. The van der Waals surface area contributed by atoms with E-state index in [1.807, 2.05) is 52.0 Å². The van der Waals surface area contributed by atoms with Gasteiger partial charge in [-0.1, -0.05) is 146 Å². The zero-order chi connectivity index (χ0) is 49.0. The monoisotopic (exact) mass is 934 g/mol. The van der Waals surface area contributed by atoms with E-state index in [2.05, 4.69) is 182 Å². The van der Waals surface area contributed by atoms with Gasteiger partial charge in [0.15, 0.2) is 0 Å². The minimum absolute atomic E-state index is 0.537. The largest absolute Gasteiger partial charge is 0.494 e. The van der Waals surface area contributed by atoms with E-state index in [4.69, 9.17) is 9.47 Å². The van der Waals surface area contributed by atoms with Crippen molar-refractivity contribution in [1.82, 2.24) is 0 Å². The van der Waals surface area contributed by atoms with Crippen LogP contribution in [0.2, 0.25) is 0 Å². The van der Waals surface area contributed by atoms with Crippen LogP contribution >= 0.6 is 0 Å². The highest BCUT2D eigenvalue weighted by molar-refractivity contribution is 6.26. The molecule has 12 rings (SSSR count). The predicted molar refractivity (Wildman–Crippen MR) is 302 cm³/mol. The molecular formula is C68H54O4. The van der Waals surface area contributed by atoms with Crippen molar-refractivity contribution in [3.8, 4) is 67.1 Å². The molecule has 0 aliphatic rings. The molecule has 0 bridgehead atoms. The SMILES string of the molecule is CCOc1ccc(-c2cc3c4ccccc4c(-c4ccc(C(C)O)cc4)cc3c3ccc(-c4ccc5c(-c6ccc(OCC)cc6)cc6c7ccccc7c(-c7ccc(C(C)O)cc7)cc6c5c4)cc23)cc1. The van der Waals surface area contributed by atoms with Gasteiger partial charge in [0.2, 0.25) is 0 Å². The molecule has 0 aliphatic heterocycles. The van der Waals surface area contributed by atoms with Crippen molar-refractivity contribution in [1.29, 1.82) is 0 Å². The lowest BCUT2D eigenvalue weighted by atomic mass is 9.85. The molecule has 0 aromatic heterocycles. The maximum absolute atomic E-state index is 10.4. The van der Waals surface area contributed by atoms with Crippen LogP contribution in [0.25, 0.3) is 120 Å². The first kappa shape index (κ1) is 44.9. The van der Waals surface area contributed by atoms with Crippen LogP contribution in [0.4, 0.5) is 0 Å². The van der Waals surface area contributed by atoms with E-state index in [0.29, 0.717) is 13.2 Å². The van der Waals surface area contributed by atoms with Crippen LogP contribution in [0.15, 0.2) is 206 Å². The van der Waals surface area contributed by atoms with Gasteiger partial charge in [0, 0.05) is 0 Å². The summed E-state index contributed by atoms with van der Waals surface area (Å²) in [5.41, 5.74) is 13.1. The Labute approximate surface area is 420 Å². The van der Waals surface area contributed by atoms with Crippen molar-refractivity contribution in [2.45, 2.75) is 39.9 Å². The maximum atomic E-state index is 10.4. The summed E-state index contributed by atoms with van der Waals surface area (Å²) in [6.45, 7) is 8.87. The van der Waals surface area contributed by atoms with Crippen molar-refractivity contribution >= 4 is 64.6 Å². The lowest BCUT2D eigenvalue weighted by Crippen LogP contribution is -1.93. The molecule has 72 heavy (non-hydrogen) atoms. The summed E-state index contributed by atoms with van der Waals surface area (Å²) in [6, 6.07) is 74.6. The minimum Gasteiger partial charge on any atom is -0.494 e. The Kier molecular flexibility index (Phi) is 11.5. The van der Waals surface area contributed by atoms with Gasteiger partial charge in [0.25, 0.3) is 0 Å². The predicted octanol–water partition coefficient (Wildman–Crippen LogP) is 17.8. The Morgan fingerprint density at radius 2 is 0.569 bits per heavy atom. The van der Waals surface area contributed by atoms with E-state index in [9.17, 15) is 10.2 Å². The molecule has 0 spiro atoms. The Morgan fingerprint density at radius 3 is 0.958 bits per heavy atom. The molecule has 2 atom stereocenters. The normalized spacial score (nSPS) is 12.6. The number of benzene rings is 12. The number of aliphatic hydroxyl groups excluding tert-OH is 2. The second-order valence-corrected chi connectivity index (χ2v) is 19.0. The molecule has 4 nitrogen and oxygen atoms in total. The first-order chi connectivity index (χ1) is 35.2. The summed E-state index contributed by atoms with van der Waals surface area (Å²) < 4.78 is 11.8. The zero-order valence-corrected chi connectivity index (χ0v) is 40.9. The third-order valence-electron chi connectivity index (χ3n) is 14.6. The van der Waals surface area contributed by atoms with Crippen LogP contribution in [-0.4, -0.2) is 23.4 Å². The van der Waals surface area contributed by atoms with Crippen LogP contribution < -0.4 is 9.47 Å². The summed E-state index contributed by atoms with van der Waals surface area (Å²) in [5, 5.41) is 34.9. The fourth-order valence-corrected chi connectivity index (χ4v) is 11.0. The zero-order valence-electron chi connectivity index (χ0n) is 40.9. The Hall–Kier alpha value is -8.28. The minimum atomic E-state index is -0.543. The van der Waals surface area contributed by atoms with Gasteiger partial charge in [0.05, 0.1) is 25.4 Å². The third-order valence-corrected chi connectivity index (χ3v) is 14.6. The highest BCUT2D eigenvalue weighted by Gasteiger charge is 2.19. The molecule has 0 heterocycles. The van der Waals surface area contributed by atoms with Crippen LogP contribution in [0, 0.1) is 0 Å². The van der Waals surface area contributed by atoms with Crippen molar-refractivity contribution in [3.05, 3.63) is 217 Å². The molecule has 12 aromatic carbocycles. The Bertz CT molecular complexity index is 4020. The van der Waals surface area contributed by atoms with Crippen molar-refractivity contribution in [2.24, 2.45) is 0 Å². The number of fused-ring (bicyclic) bond motifs is 10. The number of aliphatic hydroxyl groups is 2. The second kappa shape index (κ2) is 18.5. The molecule has 2 unspecified atom stereocenters. The molecule has 0 radical (unpaired) electrons. The summed E-state index contributed by atoms with van der Waals surface area (Å²) in [4.78, 5) is 0. The topological polar surface area (TPSA) is 58.9 Å². The van der Waals surface area contributed by atoms with Gasteiger partial charge in [-0.3, -0.25) is 0 Å². The summed E-state index contributed by atoms with van der Waals surface area (Å²) >= 11 is 0. The number of rotatable bonds is 11. The van der Waals surface area contributed by atoms with E-state index in [1.165, 1.54) is 59.2 Å². The Morgan fingerprint density at radius 1 is 0.292 bits per heavy atom. The van der Waals surface area contributed by atoms with E-state index in [-0.39, 0.29) is 0 Å². The van der Waals surface area contributed by atoms with Gasteiger partial charge in [0.1, 0.15) is 11.5 Å². The highest BCUT2D eigenvalue weighted by atomic mass is 16.5. The van der Waals surface area contributed by atoms with Crippen LogP contribution in [-0.2, 0) is 0 Å². The first-order valence-corrected chi connectivity index (χ1v) is 25.1. The fraction of sp³-hybridized carbons (Fsp3) is 0.118. The van der Waals surface area contributed by atoms with Gasteiger partial charge in [-0.05, 0) is 220 Å². The molecule has 12 aromatic rings. The summed E-state index contributed by atoms with van der Waals surface area (Å²) in [7, 11) is 0. The van der Waals surface area contributed by atoms with Crippen molar-refractivity contribution in [3.63, 3.8) is 0 Å². The van der Waals surface area contributed by atoms with Crippen LogP contribution in [0.1, 0.15) is 51.0 Å². The van der Waals surface area contributed by atoms with Gasteiger partial charge < -0.3 is 19.7 Å². The molecule has 0 aliphatic carbocycles. The standard InChI is InChI=1S/C68H54O4/c1-5-71-51-29-23-47(24-30-51)61-38-66-56-14-10-8-12-54(56)60(46-21-17-44(18-22-46)42(4)70)39-68(66)64-36-50(27-33-57(61)64)49-28-34-58-63(35-49)62(48-25-31-52(32-26-48)72-6-2)40-65-55-13-9-7-11-53(55)59(37-67(58)65)45-19-15-43(16-20-45)41(3)69/h7-42,69-70H,5-6H2,1-4H3. The molecule has 350 valence electrons. The average molecular weight is 935 g/mol. The number of ether oxygens (including phenoxy) is 2. The molecule has 0 saturated heterocycles. The van der Waals surface area contributed by atoms with E-state index >= 15 is 0 Å². The lowest BCUT2D eigenvalue weighted by molar-refractivity contribution is 0.199. The van der Waals surface area contributed by atoms with Crippen molar-refractivity contribution in [2.75, 3.05) is 13.2 Å². The molecule has 4 heteroatoms. The van der Waals surface area contributed by atoms with Crippen LogP contribution in [0.5, 0.6) is 11.5 Å². The molecule has 0 saturated carbocycles. The van der Waals surface area contributed by atoms with Gasteiger partial charge >= 0.3 is 0 Å². The van der Waals surface area contributed by atoms with Gasteiger partial charge in [-0.15, -0.1) is 0 Å². The fourth-order valence-electron chi connectivity index (χ4n) is 11.0. The average Bonchev–Trinajstić information content (AvgIpc) is 3.42. The first-order valence-electron chi connectivity index (χ1n) is 25.1. The maximum Gasteiger partial charge on any atom is 0.119 e. The summed E-state index contributed by atoms with van der Waals surface area (Å²) in [6.07, 6.45) is -1.08.